The molecule has 0 spiro atoms. The van der Waals surface area contributed by atoms with Gasteiger partial charge in [0.1, 0.15) is 0 Å². The number of hydrogen-bond donors (Lipinski definition) is 1. The van der Waals surface area contributed by atoms with E-state index in [-0.39, 0.29) is 0 Å². The molecule has 1 aliphatic heterocycles. The normalized spacial score (nSPS) is 24.4. The van der Waals surface area contributed by atoms with E-state index in [1.165, 1.54) is 37.8 Å². The Hall–Kier alpha value is -0.560. The van der Waals surface area contributed by atoms with E-state index in [0.717, 1.165) is 12.5 Å². The summed E-state index contributed by atoms with van der Waals surface area (Å²) in [5.41, 5.74) is 1.50. The lowest BCUT2D eigenvalue weighted by atomic mass is 9.98. The summed E-state index contributed by atoms with van der Waals surface area (Å²) in [4.78, 5) is 0. The highest BCUT2D eigenvalue weighted by atomic mass is 14.9. The first-order chi connectivity index (χ1) is 6.33. The van der Waals surface area contributed by atoms with Crippen LogP contribution in [0.5, 0.6) is 0 Å². The monoisotopic (exact) mass is 179 g/mol. The lowest BCUT2D eigenvalue weighted by Gasteiger charge is -2.23. The zero-order chi connectivity index (χ0) is 9.52. The van der Waals surface area contributed by atoms with Gasteiger partial charge in [0.2, 0.25) is 0 Å². The summed E-state index contributed by atoms with van der Waals surface area (Å²) in [5, 5.41) is 3.56. The molecule has 0 aromatic heterocycles. The fourth-order valence-corrected chi connectivity index (χ4v) is 1.85. The molecule has 1 rings (SSSR count). The quantitative estimate of drug-likeness (QED) is 0.654. The minimum absolute atomic E-state index is 0.731. The van der Waals surface area contributed by atoms with Crippen LogP contribution in [0.25, 0.3) is 0 Å². The van der Waals surface area contributed by atoms with E-state index in [1.807, 2.05) is 6.08 Å². The van der Waals surface area contributed by atoms with Crippen LogP contribution in [0.4, 0.5) is 0 Å². The van der Waals surface area contributed by atoms with E-state index >= 15 is 0 Å². The molecule has 1 fully saturated rings. The van der Waals surface area contributed by atoms with Crippen LogP contribution in [-0.4, -0.2) is 12.6 Å². The summed E-state index contributed by atoms with van der Waals surface area (Å²) in [5.74, 6) is 0. The molecule has 0 radical (unpaired) electrons. The third-order valence-electron chi connectivity index (χ3n) is 2.61. The maximum atomic E-state index is 3.72. The third kappa shape index (κ3) is 4.28. The van der Waals surface area contributed by atoms with Crippen LogP contribution < -0.4 is 5.32 Å². The molecule has 1 saturated heterocycles. The van der Waals surface area contributed by atoms with Crippen molar-refractivity contribution in [1.29, 1.82) is 0 Å². The van der Waals surface area contributed by atoms with Gasteiger partial charge in [-0.25, -0.2) is 0 Å². The van der Waals surface area contributed by atoms with Gasteiger partial charge in [0.05, 0.1) is 0 Å². The maximum Gasteiger partial charge on any atom is 0.0104 e. The second kappa shape index (κ2) is 5.98. The van der Waals surface area contributed by atoms with Crippen molar-refractivity contribution < 1.29 is 0 Å². The maximum absolute atomic E-state index is 3.72. The standard InChI is InChI=1S/C12H21N/c1-3-4-7-11(2)10-12-8-5-6-9-13-12/h3,7,12-13H,1,4-6,8-10H2,2H3/b11-7-. The minimum atomic E-state index is 0.731. The van der Waals surface area contributed by atoms with Crippen molar-refractivity contribution in [2.75, 3.05) is 6.54 Å². The molecule has 0 aliphatic carbocycles. The Morgan fingerprint density at radius 1 is 1.54 bits per heavy atom. The SMILES string of the molecule is C=CC/C=C(/C)CC1CCCCN1. The van der Waals surface area contributed by atoms with Gasteiger partial charge >= 0.3 is 0 Å². The molecule has 74 valence electrons. The zero-order valence-electron chi connectivity index (χ0n) is 8.68. The van der Waals surface area contributed by atoms with Gasteiger partial charge in [0.25, 0.3) is 0 Å². The number of allylic oxidation sites excluding steroid dienone is 2. The second-order valence-electron chi connectivity index (χ2n) is 3.93. The van der Waals surface area contributed by atoms with Crippen molar-refractivity contribution in [1.82, 2.24) is 5.32 Å². The van der Waals surface area contributed by atoms with E-state index in [9.17, 15) is 0 Å². The van der Waals surface area contributed by atoms with Crippen LogP contribution in [-0.2, 0) is 0 Å². The van der Waals surface area contributed by atoms with E-state index in [2.05, 4.69) is 24.9 Å². The fourth-order valence-electron chi connectivity index (χ4n) is 1.85. The molecule has 13 heavy (non-hydrogen) atoms. The van der Waals surface area contributed by atoms with Gasteiger partial charge in [-0.3, -0.25) is 0 Å². The molecule has 1 aliphatic rings. The molecule has 1 nitrogen and oxygen atoms in total. The Balaban J connectivity index is 2.25. The Bertz CT molecular complexity index is 176. The Morgan fingerprint density at radius 2 is 2.38 bits per heavy atom. The molecule has 0 aromatic carbocycles. The smallest absolute Gasteiger partial charge is 0.0104 e. The first kappa shape index (κ1) is 10.5. The molecule has 0 bridgehead atoms. The summed E-state index contributed by atoms with van der Waals surface area (Å²) in [6, 6.07) is 0.731. The highest BCUT2D eigenvalue weighted by Gasteiger charge is 2.11. The molecule has 1 heterocycles. The zero-order valence-corrected chi connectivity index (χ0v) is 8.68. The predicted molar refractivity (Wildman–Crippen MR) is 58.8 cm³/mol. The van der Waals surface area contributed by atoms with Crippen molar-refractivity contribution in [3.8, 4) is 0 Å². The average molecular weight is 179 g/mol. The van der Waals surface area contributed by atoms with Gasteiger partial charge in [-0.05, 0) is 39.2 Å². The van der Waals surface area contributed by atoms with Crippen molar-refractivity contribution in [2.45, 2.75) is 45.1 Å². The molecular formula is C12H21N. The summed E-state index contributed by atoms with van der Waals surface area (Å²) < 4.78 is 0. The van der Waals surface area contributed by atoms with Crippen molar-refractivity contribution in [2.24, 2.45) is 0 Å². The van der Waals surface area contributed by atoms with Crippen LogP contribution in [0.15, 0.2) is 24.3 Å². The van der Waals surface area contributed by atoms with Crippen LogP contribution in [0.1, 0.15) is 39.0 Å². The molecule has 1 heteroatoms. The highest BCUT2D eigenvalue weighted by Crippen LogP contribution is 2.14. The number of nitrogens with one attached hydrogen (secondary N) is 1. The largest absolute Gasteiger partial charge is 0.314 e. The Morgan fingerprint density at radius 3 is 3.00 bits per heavy atom. The molecule has 1 atom stereocenters. The van der Waals surface area contributed by atoms with Gasteiger partial charge in [-0.1, -0.05) is 24.1 Å². The average Bonchev–Trinajstić information content (AvgIpc) is 2.16. The summed E-state index contributed by atoms with van der Waals surface area (Å²) in [6.07, 6.45) is 10.6. The molecule has 1 N–H and O–H groups in total. The lowest BCUT2D eigenvalue weighted by Crippen LogP contribution is -2.33. The molecule has 0 amide bonds. The summed E-state index contributed by atoms with van der Waals surface area (Å²) >= 11 is 0. The molecular weight excluding hydrogens is 158 g/mol. The Labute approximate surface area is 81.9 Å². The van der Waals surface area contributed by atoms with Gasteiger partial charge in [-0.15, -0.1) is 6.58 Å². The van der Waals surface area contributed by atoms with E-state index in [1.54, 1.807) is 0 Å². The van der Waals surface area contributed by atoms with E-state index < -0.39 is 0 Å². The predicted octanol–water partition coefficient (Wildman–Crippen LogP) is 3.04. The second-order valence-corrected chi connectivity index (χ2v) is 3.93. The fraction of sp³-hybridized carbons (Fsp3) is 0.667. The molecule has 0 aromatic rings. The van der Waals surface area contributed by atoms with Gasteiger partial charge in [0, 0.05) is 6.04 Å². The summed E-state index contributed by atoms with van der Waals surface area (Å²) in [7, 11) is 0. The van der Waals surface area contributed by atoms with Crippen molar-refractivity contribution >= 4 is 0 Å². The van der Waals surface area contributed by atoms with Gasteiger partial charge in [0.15, 0.2) is 0 Å². The van der Waals surface area contributed by atoms with Crippen LogP contribution >= 0.6 is 0 Å². The number of piperidine rings is 1. The van der Waals surface area contributed by atoms with Crippen LogP contribution in [0, 0.1) is 0 Å². The Kier molecular flexibility index (Phi) is 4.84. The molecule has 0 saturated carbocycles. The first-order valence-electron chi connectivity index (χ1n) is 5.33. The van der Waals surface area contributed by atoms with Crippen molar-refractivity contribution in [3.05, 3.63) is 24.3 Å². The number of rotatable bonds is 4. The third-order valence-corrected chi connectivity index (χ3v) is 2.61. The van der Waals surface area contributed by atoms with Gasteiger partial charge in [-0.2, -0.15) is 0 Å². The highest BCUT2D eigenvalue weighted by molar-refractivity contribution is 5.03. The first-order valence-corrected chi connectivity index (χ1v) is 5.33. The van der Waals surface area contributed by atoms with Crippen LogP contribution in [0.3, 0.4) is 0 Å². The van der Waals surface area contributed by atoms with Crippen molar-refractivity contribution in [3.63, 3.8) is 0 Å². The number of hydrogen-bond acceptors (Lipinski definition) is 1. The topological polar surface area (TPSA) is 12.0 Å². The summed E-state index contributed by atoms with van der Waals surface area (Å²) in [6.45, 7) is 7.15. The molecule has 1 unspecified atom stereocenters. The van der Waals surface area contributed by atoms with Crippen LogP contribution in [0.2, 0.25) is 0 Å². The van der Waals surface area contributed by atoms with E-state index in [0.29, 0.717) is 0 Å². The van der Waals surface area contributed by atoms with E-state index in [4.69, 9.17) is 0 Å². The minimum Gasteiger partial charge on any atom is -0.314 e. The lowest BCUT2D eigenvalue weighted by molar-refractivity contribution is 0.398. The van der Waals surface area contributed by atoms with Gasteiger partial charge < -0.3 is 5.32 Å².